The van der Waals surface area contributed by atoms with Gasteiger partial charge in [-0.15, -0.1) is 0 Å². The van der Waals surface area contributed by atoms with Crippen LogP contribution in [-0.2, 0) is 0 Å². The first kappa shape index (κ1) is 7.73. The van der Waals surface area contributed by atoms with Gasteiger partial charge in [0.05, 0.1) is 11.9 Å². The molecule has 0 amide bonds. The van der Waals surface area contributed by atoms with Crippen LogP contribution in [0.3, 0.4) is 0 Å². The summed E-state index contributed by atoms with van der Waals surface area (Å²) in [5.74, 6) is 0. The van der Waals surface area contributed by atoms with E-state index in [9.17, 15) is 0 Å². The number of fused-ring (bicyclic) bond motifs is 1. The van der Waals surface area contributed by atoms with Crippen molar-refractivity contribution in [1.29, 1.82) is 0 Å². The van der Waals surface area contributed by atoms with Crippen molar-refractivity contribution in [2.75, 3.05) is 0 Å². The van der Waals surface area contributed by atoms with Crippen molar-refractivity contribution in [3.63, 3.8) is 0 Å². The summed E-state index contributed by atoms with van der Waals surface area (Å²) < 4.78 is 0. The molecular formula is C10H8N2O. The number of rotatable bonds is 1. The topological polar surface area (TPSA) is 45.5 Å². The van der Waals surface area contributed by atoms with Crippen LogP contribution >= 0.6 is 0 Å². The van der Waals surface area contributed by atoms with Gasteiger partial charge in [0.2, 0.25) is 0 Å². The quantitative estimate of drug-likeness (QED) is 0.406. The van der Waals surface area contributed by atoms with Crippen LogP contribution in [0.2, 0.25) is 0 Å². The van der Waals surface area contributed by atoms with E-state index >= 15 is 0 Å². The number of hydrogen-bond acceptors (Lipinski definition) is 3. The predicted molar refractivity (Wildman–Crippen MR) is 51.1 cm³/mol. The highest BCUT2D eigenvalue weighted by Crippen LogP contribution is 2.12. The molecule has 1 aromatic carbocycles. The first-order valence-corrected chi connectivity index (χ1v) is 3.92. The lowest BCUT2D eigenvalue weighted by Crippen LogP contribution is -1.86. The summed E-state index contributed by atoms with van der Waals surface area (Å²) in [5.41, 5.74) is 0.654. The number of aromatic nitrogens is 1. The third-order valence-electron chi connectivity index (χ3n) is 1.84. The normalized spacial score (nSPS) is 11.1. The van der Waals surface area contributed by atoms with Crippen LogP contribution < -0.4 is 0 Å². The van der Waals surface area contributed by atoms with Crippen molar-refractivity contribution >= 4 is 17.0 Å². The van der Waals surface area contributed by atoms with Crippen LogP contribution in [0.5, 0.6) is 0 Å². The molecule has 2 aromatic rings. The number of pyridine rings is 1. The third kappa shape index (κ3) is 1.49. The number of hydrogen-bond donors (Lipinski definition) is 1. The van der Waals surface area contributed by atoms with Crippen molar-refractivity contribution in [2.24, 2.45) is 5.16 Å². The van der Waals surface area contributed by atoms with E-state index in [2.05, 4.69) is 10.1 Å². The summed E-state index contributed by atoms with van der Waals surface area (Å²) in [4.78, 5) is 4.09. The van der Waals surface area contributed by atoms with Crippen molar-refractivity contribution in [2.45, 2.75) is 0 Å². The maximum atomic E-state index is 8.32. The average molecular weight is 172 g/mol. The molecule has 0 aliphatic carbocycles. The van der Waals surface area contributed by atoms with Gasteiger partial charge in [0.1, 0.15) is 0 Å². The van der Waals surface area contributed by atoms with Crippen LogP contribution in [0.15, 0.2) is 41.7 Å². The Kier molecular flexibility index (Phi) is 1.92. The molecule has 0 bridgehead atoms. The third-order valence-corrected chi connectivity index (χ3v) is 1.84. The fourth-order valence-electron chi connectivity index (χ4n) is 1.23. The molecule has 0 spiro atoms. The van der Waals surface area contributed by atoms with Gasteiger partial charge in [-0.25, -0.2) is 0 Å². The second-order valence-corrected chi connectivity index (χ2v) is 2.70. The Bertz CT molecular complexity index is 451. The Morgan fingerprint density at radius 3 is 2.77 bits per heavy atom. The summed E-state index contributed by atoms with van der Waals surface area (Å²) in [6, 6.07) is 9.77. The highest BCUT2D eigenvalue weighted by atomic mass is 16.4. The minimum absolute atomic E-state index is 0.654. The van der Waals surface area contributed by atoms with E-state index in [-0.39, 0.29) is 0 Å². The van der Waals surface area contributed by atoms with Crippen LogP contribution in [0.1, 0.15) is 5.69 Å². The molecule has 0 fully saturated rings. The lowest BCUT2D eigenvalue weighted by Gasteiger charge is -1.96. The van der Waals surface area contributed by atoms with E-state index in [0.717, 1.165) is 10.8 Å². The summed E-state index contributed by atoms with van der Waals surface area (Å²) in [6.07, 6.45) is 3.07. The smallest absolute Gasteiger partial charge is 0.0918 e. The molecule has 0 unspecified atom stereocenters. The van der Waals surface area contributed by atoms with Gasteiger partial charge in [-0.3, -0.25) is 4.98 Å². The Balaban J connectivity index is 2.62. The first-order chi connectivity index (χ1) is 6.40. The van der Waals surface area contributed by atoms with E-state index in [1.54, 1.807) is 6.20 Å². The monoisotopic (exact) mass is 172 g/mol. The molecule has 3 heteroatoms. The maximum absolute atomic E-state index is 8.32. The zero-order valence-corrected chi connectivity index (χ0v) is 6.88. The second kappa shape index (κ2) is 3.23. The molecule has 2 rings (SSSR count). The molecule has 0 radical (unpaired) electrons. The van der Waals surface area contributed by atoms with Gasteiger partial charge in [0.25, 0.3) is 0 Å². The van der Waals surface area contributed by atoms with Crippen molar-refractivity contribution in [1.82, 2.24) is 4.98 Å². The van der Waals surface area contributed by atoms with Crippen molar-refractivity contribution < 1.29 is 5.21 Å². The maximum Gasteiger partial charge on any atom is 0.0918 e. The molecule has 64 valence electrons. The number of oxime groups is 1. The van der Waals surface area contributed by atoms with Crippen molar-refractivity contribution in [3.8, 4) is 0 Å². The van der Waals surface area contributed by atoms with Crippen LogP contribution in [0, 0.1) is 0 Å². The molecule has 0 aliphatic rings. The summed E-state index contributed by atoms with van der Waals surface area (Å²) in [7, 11) is 0. The Morgan fingerprint density at radius 2 is 2.00 bits per heavy atom. The molecule has 1 aromatic heterocycles. The number of nitrogens with zero attached hydrogens (tertiary/aromatic N) is 2. The molecule has 0 atom stereocenters. The largest absolute Gasteiger partial charge is 0.411 e. The molecule has 1 N–H and O–H groups in total. The highest BCUT2D eigenvalue weighted by Gasteiger charge is 1.93. The first-order valence-electron chi connectivity index (χ1n) is 3.92. The van der Waals surface area contributed by atoms with Gasteiger partial charge in [0, 0.05) is 11.6 Å². The lowest BCUT2D eigenvalue weighted by atomic mass is 10.1. The molecule has 1 heterocycles. The predicted octanol–water partition coefficient (Wildman–Crippen LogP) is 2.04. The van der Waals surface area contributed by atoms with Gasteiger partial charge in [0.15, 0.2) is 0 Å². The highest BCUT2D eigenvalue weighted by molar-refractivity contribution is 5.87. The molecule has 13 heavy (non-hydrogen) atoms. The van der Waals surface area contributed by atoms with Crippen LogP contribution in [0.25, 0.3) is 10.8 Å². The van der Waals surface area contributed by atoms with Gasteiger partial charge < -0.3 is 5.21 Å². The van der Waals surface area contributed by atoms with E-state index < -0.39 is 0 Å². The minimum atomic E-state index is 0.654. The SMILES string of the molecule is ON=Cc1cc2ccccc2cn1. The molecule has 0 aliphatic heterocycles. The number of benzene rings is 1. The van der Waals surface area contributed by atoms with E-state index in [0.29, 0.717) is 5.69 Å². The average Bonchev–Trinajstić information content (AvgIpc) is 2.18. The minimum Gasteiger partial charge on any atom is -0.411 e. The standard InChI is InChI=1S/C10H8N2O/c13-12-7-10-5-8-3-1-2-4-9(8)6-11-10/h1-7,13H. The molecule has 0 saturated carbocycles. The second-order valence-electron chi connectivity index (χ2n) is 2.70. The molecule has 3 nitrogen and oxygen atoms in total. The molecular weight excluding hydrogens is 164 g/mol. The lowest BCUT2D eigenvalue weighted by molar-refractivity contribution is 0.321. The van der Waals surface area contributed by atoms with E-state index in [4.69, 9.17) is 5.21 Å². The van der Waals surface area contributed by atoms with Gasteiger partial charge in [-0.05, 0) is 11.5 Å². The van der Waals surface area contributed by atoms with Gasteiger partial charge >= 0.3 is 0 Å². The van der Waals surface area contributed by atoms with Gasteiger partial charge in [-0.2, -0.15) is 0 Å². The fourth-order valence-corrected chi connectivity index (χ4v) is 1.23. The Labute approximate surface area is 75.3 Å². The zero-order valence-electron chi connectivity index (χ0n) is 6.88. The summed E-state index contributed by atoms with van der Waals surface area (Å²) in [5, 5.41) is 13.4. The zero-order chi connectivity index (χ0) is 9.10. The van der Waals surface area contributed by atoms with Crippen LogP contribution in [0.4, 0.5) is 0 Å². The van der Waals surface area contributed by atoms with Gasteiger partial charge in [-0.1, -0.05) is 29.4 Å². The fraction of sp³-hybridized carbons (Fsp3) is 0. The summed E-state index contributed by atoms with van der Waals surface area (Å²) >= 11 is 0. The summed E-state index contributed by atoms with van der Waals surface area (Å²) in [6.45, 7) is 0. The van der Waals surface area contributed by atoms with Crippen LogP contribution in [-0.4, -0.2) is 16.4 Å². The Hall–Kier alpha value is -1.90. The van der Waals surface area contributed by atoms with E-state index in [1.807, 2.05) is 30.3 Å². The van der Waals surface area contributed by atoms with E-state index in [1.165, 1.54) is 6.21 Å². The van der Waals surface area contributed by atoms with Crippen molar-refractivity contribution in [3.05, 3.63) is 42.2 Å². The Morgan fingerprint density at radius 1 is 1.23 bits per heavy atom. The molecule has 0 saturated heterocycles.